The maximum atomic E-state index is 12.4. The highest BCUT2D eigenvalue weighted by atomic mass is 16.5. The van der Waals surface area contributed by atoms with E-state index in [1.165, 1.54) is 13.2 Å². The van der Waals surface area contributed by atoms with E-state index in [-0.39, 0.29) is 18.7 Å². The van der Waals surface area contributed by atoms with E-state index in [0.717, 1.165) is 15.8 Å². The number of barbiturate groups is 1. The Kier molecular flexibility index (Phi) is 4.57. The molecule has 0 saturated carbocycles. The summed E-state index contributed by atoms with van der Waals surface area (Å²) in [6, 6.07) is 6.56. The fraction of sp³-hybridized carbons (Fsp3) is 0.222. The molecule has 26 heavy (non-hydrogen) atoms. The number of hydrogen-bond donors (Lipinski definition) is 1. The first-order chi connectivity index (χ1) is 12.5. The van der Waals surface area contributed by atoms with E-state index in [1.807, 2.05) is 24.3 Å². The minimum absolute atomic E-state index is 0.0000988. The molecular formula is C18H17N3O5. The Balaban J connectivity index is 2.09. The van der Waals surface area contributed by atoms with E-state index in [4.69, 9.17) is 4.74 Å². The third-order valence-electron chi connectivity index (χ3n) is 4.15. The summed E-state index contributed by atoms with van der Waals surface area (Å²) in [6.45, 7) is 1.80. The number of carbonyl (C=O) groups is 4. The van der Waals surface area contributed by atoms with Crippen LogP contribution in [0.15, 0.2) is 36.0 Å². The Hall–Kier alpha value is -3.42. The average molecular weight is 355 g/mol. The molecular weight excluding hydrogens is 338 g/mol. The van der Waals surface area contributed by atoms with Crippen molar-refractivity contribution in [2.75, 3.05) is 13.7 Å². The minimum atomic E-state index is -0.741. The van der Waals surface area contributed by atoms with E-state index in [9.17, 15) is 19.2 Å². The van der Waals surface area contributed by atoms with E-state index in [2.05, 4.69) is 5.32 Å². The van der Waals surface area contributed by atoms with Gasteiger partial charge in [-0.3, -0.25) is 24.6 Å². The normalized spacial score (nSPS) is 16.3. The van der Waals surface area contributed by atoms with E-state index >= 15 is 0 Å². The number of aromatic nitrogens is 1. The van der Waals surface area contributed by atoms with Gasteiger partial charge in [-0.2, -0.15) is 0 Å². The molecule has 2 heterocycles. The molecule has 0 atom stereocenters. The van der Waals surface area contributed by atoms with Crippen LogP contribution in [0.2, 0.25) is 0 Å². The van der Waals surface area contributed by atoms with Gasteiger partial charge in [0.25, 0.3) is 11.8 Å². The van der Waals surface area contributed by atoms with Crippen LogP contribution in [0.4, 0.5) is 4.79 Å². The minimum Gasteiger partial charge on any atom is -0.468 e. The van der Waals surface area contributed by atoms with Gasteiger partial charge in [-0.25, -0.2) is 4.79 Å². The van der Waals surface area contributed by atoms with Gasteiger partial charge in [-0.15, -0.1) is 0 Å². The number of esters is 1. The SMILES string of the molecule is CCN1C(=O)NC(=O)/C(=C\c2cn(CC(=O)OC)c3ccccc23)C1=O. The van der Waals surface area contributed by atoms with Crippen molar-refractivity contribution in [2.45, 2.75) is 13.5 Å². The molecule has 4 amide bonds. The van der Waals surface area contributed by atoms with Crippen molar-refractivity contribution >= 4 is 40.8 Å². The fourth-order valence-electron chi connectivity index (χ4n) is 2.86. The van der Waals surface area contributed by atoms with Crippen LogP contribution >= 0.6 is 0 Å². The van der Waals surface area contributed by atoms with Crippen LogP contribution in [0.3, 0.4) is 0 Å². The number of nitrogens with zero attached hydrogens (tertiary/aromatic N) is 2. The quantitative estimate of drug-likeness (QED) is 0.506. The highest BCUT2D eigenvalue weighted by Gasteiger charge is 2.34. The van der Waals surface area contributed by atoms with Crippen molar-refractivity contribution in [1.29, 1.82) is 0 Å². The molecule has 0 aliphatic carbocycles. The van der Waals surface area contributed by atoms with Crippen molar-refractivity contribution in [2.24, 2.45) is 0 Å². The number of para-hydroxylation sites is 1. The molecule has 0 radical (unpaired) electrons. The lowest BCUT2D eigenvalue weighted by Crippen LogP contribution is -2.53. The number of likely N-dealkylation sites (N-methyl/N-ethyl adjacent to an activating group) is 1. The smallest absolute Gasteiger partial charge is 0.331 e. The molecule has 1 aliphatic rings. The predicted molar refractivity (Wildman–Crippen MR) is 92.9 cm³/mol. The second-order valence-electron chi connectivity index (χ2n) is 5.67. The summed E-state index contributed by atoms with van der Waals surface area (Å²) in [7, 11) is 1.30. The molecule has 1 aromatic carbocycles. The summed E-state index contributed by atoms with van der Waals surface area (Å²) in [5.41, 5.74) is 1.22. The van der Waals surface area contributed by atoms with Crippen LogP contribution in [-0.4, -0.2) is 46.9 Å². The molecule has 8 nitrogen and oxygen atoms in total. The van der Waals surface area contributed by atoms with Crippen LogP contribution in [0, 0.1) is 0 Å². The first-order valence-corrected chi connectivity index (χ1v) is 7.99. The zero-order valence-electron chi connectivity index (χ0n) is 14.3. The van der Waals surface area contributed by atoms with Gasteiger partial charge in [0.2, 0.25) is 0 Å². The summed E-state index contributed by atoms with van der Waals surface area (Å²) < 4.78 is 6.38. The molecule has 0 unspecified atom stereocenters. The topological polar surface area (TPSA) is 97.7 Å². The standard InChI is InChI=1S/C18H17N3O5/c1-3-21-17(24)13(16(23)19-18(21)25)8-11-9-20(10-15(22)26-2)14-7-5-4-6-12(11)14/h4-9H,3,10H2,1-2H3,(H,19,23,25)/b13-8+. The molecule has 2 aromatic rings. The summed E-state index contributed by atoms with van der Waals surface area (Å²) in [4.78, 5) is 48.9. The summed E-state index contributed by atoms with van der Waals surface area (Å²) in [5, 5.41) is 2.92. The molecule has 1 N–H and O–H groups in total. The molecule has 1 fully saturated rings. The number of carbonyl (C=O) groups excluding carboxylic acids is 4. The lowest BCUT2D eigenvalue weighted by molar-refractivity contribution is -0.141. The summed E-state index contributed by atoms with van der Waals surface area (Å²) in [5.74, 6) is -1.81. The van der Waals surface area contributed by atoms with Crippen molar-refractivity contribution < 1.29 is 23.9 Å². The maximum absolute atomic E-state index is 12.4. The highest BCUT2D eigenvalue weighted by Crippen LogP contribution is 2.25. The Morgan fingerprint density at radius 2 is 1.96 bits per heavy atom. The number of nitrogens with one attached hydrogen (secondary N) is 1. The van der Waals surface area contributed by atoms with Crippen LogP contribution < -0.4 is 5.32 Å². The number of rotatable bonds is 4. The van der Waals surface area contributed by atoms with Crippen molar-refractivity contribution in [3.05, 3.63) is 41.6 Å². The molecule has 1 saturated heterocycles. The van der Waals surface area contributed by atoms with Crippen LogP contribution in [0.25, 0.3) is 17.0 Å². The lowest BCUT2D eigenvalue weighted by atomic mass is 10.1. The largest absolute Gasteiger partial charge is 0.468 e. The van der Waals surface area contributed by atoms with Crippen LogP contribution in [0.5, 0.6) is 0 Å². The summed E-state index contributed by atoms with van der Waals surface area (Å²) >= 11 is 0. The number of benzene rings is 1. The number of fused-ring (bicyclic) bond motifs is 1. The third-order valence-corrected chi connectivity index (χ3v) is 4.15. The molecule has 1 aliphatic heterocycles. The number of urea groups is 1. The van der Waals surface area contributed by atoms with E-state index in [1.54, 1.807) is 17.7 Å². The fourth-order valence-corrected chi connectivity index (χ4v) is 2.86. The van der Waals surface area contributed by atoms with E-state index in [0.29, 0.717) is 5.56 Å². The number of ether oxygens (including phenoxy) is 1. The number of imide groups is 2. The zero-order chi connectivity index (χ0) is 18.8. The Bertz CT molecular complexity index is 957. The summed E-state index contributed by atoms with van der Waals surface area (Å²) in [6.07, 6.45) is 3.10. The lowest BCUT2D eigenvalue weighted by Gasteiger charge is -2.24. The van der Waals surface area contributed by atoms with Gasteiger partial charge in [0.1, 0.15) is 12.1 Å². The maximum Gasteiger partial charge on any atom is 0.331 e. The van der Waals surface area contributed by atoms with Gasteiger partial charge in [0.05, 0.1) is 7.11 Å². The molecule has 0 spiro atoms. The van der Waals surface area contributed by atoms with Gasteiger partial charge >= 0.3 is 12.0 Å². The van der Waals surface area contributed by atoms with Gasteiger partial charge in [0, 0.05) is 29.2 Å². The van der Waals surface area contributed by atoms with Crippen molar-refractivity contribution in [1.82, 2.24) is 14.8 Å². The van der Waals surface area contributed by atoms with Gasteiger partial charge in [-0.05, 0) is 19.1 Å². The Morgan fingerprint density at radius 3 is 2.65 bits per heavy atom. The van der Waals surface area contributed by atoms with E-state index < -0.39 is 23.8 Å². The van der Waals surface area contributed by atoms with Crippen LogP contribution in [0.1, 0.15) is 12.5 Å². The zero-order valence-corrected chi connectivity index (χ0v) is 14.3. The second-order valence-corrected chi connectivity index (χ2v) is 5.67. The van der Waals surface area contributed by atoms with Crippen LogP contribution in [-0.2, 0) is 25.7 Å². The number of hydrogen-bond acceptors (Lipinski definition) is 5. The molecule has 0 bridgehead atoms. The molecule has 1 aromatic heterocycles. The first-order valence-electron chi connectivity index (χ1n) is 7.99. The van der Waals surface area contributed by atoms with Crippen molar-refractivity contribution in [3.8, 4) is 0 Å². The van der Waals surface area contributed by atoms with Crippen molar-refractivity contribution in [3.63, 3.8) is 0 Å². The van der Waals surface area contributed by atoms with Gasteiger partial charge in [0.15, 0.2) is 0 Å². The second kappa shape index (κ2) is 6.83. The number of methoxy groups -OCH3 is 1. The first kappa shape index (κ1) is 17.4. The van der Waals surface area contributed by atoms with Gasteiger partial charge in [-0.1, -0.05) is 18.2 Å². The highest BCUT2D eigenvalue weighted by molar-refractivity contribution is 6.31. The molecule has 3 rings (SSSR count). The number of amides is 4. The Morgan fingerprint density at radius 1 is 1.23 bits per heavy atom. The third kappa shape index (κ3) is 2.97. The molecule has 8 heteroatoms. The Labute approximate surface area is 149 Å². The monoisotopic (exact) mass is 355 g/mol. The average Bonchev–Trinajstić information content (AvgIpc) is 2.96. The molecule has 134 valence electrons. The predicted octanol–water partition coefficient (Wildman–Crippen LogP) is 1.30. The van der Waals surface area contributed by atoms with Gasteiger partial charge < -0.3 is 9.30 Å².